The molecule has 0 radical (unpaired) electrons. The van der Waals surface area contributed by atoms with E-state index < -0.39 is 0 Å². The quantitative estimate of drug-likeness (QED) is 0.933. The number of halogens is 1. The first kappa shape index (κ1) is 15.7. The number of nitrogens with zero attached hydrogens (tertiary/aromatic N) is 1. The highest BCUT2D eigenvalue weighted by Crippen LogP contribution is 2.31. The number of hydrogen-bond donors (Lipinski definition) is 1. The van der Waals surface area contributed by atoms with E-state index in [1.807, 2.05) is 54.8 Å². The van der Waals surface area contributed by atoms with Crippen LogP contribution in [0.4, 0.5) is 0 Å². The lowest BCUT2D eigenvalue weighted by atomic mass is 10.00. The predicted octanol–water partition coefficient (Wildman–Crippen LogP) is 2.94. The Kier molecular flexibility index (Phi) is 5.35. The number of nitrogens with two attached hydrogens (primary N) is 1. The molecule has 2 rings (SSSR count). The number of thioether (sulfide) groups is 1. The van der Waals surface area contributed by atoms with Crippen LogP contribution in [0.2, 0.25) is 5.02 Å². The second-order valence-corrected chi connectivity index (χ2v) is 6.91. The summed E-state index contributed by atoms with van der Waals surface area (Å²) in [6.07, 6.45) is 0. The third-order valence-corrected chi connectivity index (χ3v) is 5.12. The van der Waals surface area contributed by atoms with Crippen molar-refractivity contribution in [2.45, 2.75) is 25.9 Å². The fourth-order valence-electron chi connectivity index (χ4n) is 2.32. The summed E-state index contributed by atoms with van der Waals surface area (Å²) in [6.45, 7) is 4.58. The molecule has 3 nitrogen and oxygen atoms in total. The molecule has 1 amide bonds. The zero-order chi connectivity index (χ0) is 14.7. The summed E-state index contributed by atoms with van der Waals surface area (Å²) >= 11 is 7.82. The van der Waals surface area contributed by atoms with Gasteiger partial charge in [-0.2, -0.15) is 11.8 Å². The summed E-state index contributed by atoms with van der Waals surface area (Å²) in [5.41, 5.74) is 7.02. The van der Waals surface area contributed by atoms with Crippen molar-refractivity contribution >= 4 is 29.3 Å². The highest BCUT2D eigenvalue weighted by molar-refractivity contribution is 7.99. The van der Waals surface area contributed by atoms with Crippen LogP contribution in [0.15, 0.2) is 24.3 Å². The molecule has 1 heterocycles. The number of carbonyl (C=O) groups excluding carboxylic acids is 1. The van der Waals surface area contributed by atoms with Gasteiger partial charge in [0.2, 0.25) is 5.91 Å². The average molecular weight is 313 g/mol. The van der Waals surface area contributed by atoms with Gasteiger partial charge in [-0.15, -0.1) is 0 Å². The first-order valence-corrected chi connectivity index (χ1v) is 8.43. The molecule has 0 aliphatic carbocycles. The van der Waals surface area contributed by atoms with Gasteiger partial charge in [-0.25, -0.2) is 0 Å². The lowest BCUT2D eigenvalue weighted by Gasteiger charge is -2.38. The van der Waals surface area contributed by atoms with Gasteiger partial charge in [-0.1, -0.05) is 30.7 Å². The Hall–Kier alpha value is -0.710. The molecule has 1 aliphatic heterocycles. The van der Waals surface area contributed by atoms with Crippen LogP contribution in [0.3, 0.4) is 0 Å². The lowest BCUT2D eigenvalue weighted by molar-refractivity contribution is -0.137. The first-order chi connectivity index (χ1) is 9.50. The molecule has 3 unspecified atom stereocenters. The van der Waals surface area contributed by atoms with Gasteiger partial charge < -0.3 is 10.6 Å². The first-order valence-electron chi connectivity index (χ1n) is 6.90. The summed E-state index contributed by atoms with van der Waals surface area (Å²) in [5.74, 6) is 1.92. The van der Waals surface area contributed by atoms with E-state index in [1.54, 1.807) is 0 Å². The Bertz CT molecular complexity index is 463. The number of hydrogen-bond acceptors (Lipinski definition) is 3. The molecule has 5 heteroatoms. The smallest absolute Gasteiger partial charge is 0.227 e. The van der Waals surface area contributed by atoms with Crippen LogP contribution in [0.1, 0.15) is 25.5 Å². The second kappa shape index (κ2) is 6.83. The van der Waals surface area contributed by atoms with Gasteiger partial charge in [-0.05, 0) is 24.6 Å². The van der Waals surface area contributed by atoms with Gasteiger partial charge in [0.1, 0.15) is 0 Å². The van der Waals surface area contributed by atoms with E-state index in [9.17, 15) is 4.79 Å². The molecule has 1 saturated heterocycles. The predicted molar refractivity (Wildman–Crippen MR) is 86.0 cm³/mol. The molecule has 1 fully saturated rings. The number of carbonyl (C=O) groups is 1. The zero-order valence-electron chi connectivity index (χ0n) is 11.9. The number of rotatable bonds is 3. The van der Waals surface area contributed by atoms with Crippen molar-refractivity contribution in [2.24, 2.45) is 11.7 Å². The summed E-state index contributed by atoms with van der Waals surface area (Å²) in [7, 11) is 0. The maximum atomic E-state index is 12.6. The van der Waals surface area contributed by atoms with Crippen molar-refractivity contribution in [1.82, 2.24) is 4.90 Å². The molecule has 3 atom stereocenters. The monoisotopic (exact) mass is 312 g/mol. The Labute approximate surface area is 129 Å². The largest absolute Gasteiger partial charge is 0.334 e. The standard InChI is InChI=1S/C15H21ClN2OS/c1-10(11(2)17)15(19)18-7-8-20-9-14(18)12-3-5-13(16)6-4-12/h3-6,10-11,14H,7-9,17H2,1-2H3. The molecule has 2 N–H and O–H groups in total. The molecule has 110 valence electrons. The molecule has 0 aromatic heterocycles. The maximum Gasteiger partial charge on any atom is 0.227 e. The molecule has 1 aliphatic rings. The van der Waals surface area contributed by atoms with Gasteiger partial charge in [0.25, 0.3) is 0 Å². The minimum atomic E-state index is -0.145. The van der Waals surface area contributed by atoms with Crippen LogP contribution in [0.25, 0.3) is 0 Å². The molecular formula is C15H21ClN2OS. The molecule has 0 saturated carbocycles. The molecule has 0 bridgehead atoms. The Morgan fingerprint density at radius 3 is 2.65 bits per heavy atom. The van der Waals surface area contributed by atoms with E-state index in [0.717, 1.165) is 28.6 Å². The van der Waals surface area contributed by atoms with Crippen LogP contribution >= 0.6 is 23.4 Å². The van der Waals surface area contributed by atoms with Crippen molar-refractivity contribution in [3.63, 3.8) is 0 Å². The zero-order valence-corrected chi connectivity index (χ0v) is 13.5. The van der Waals surface area contributed by atoms with Crippen molar-refractivity contribution in [1.29, 1.82) is 0 Å². The molecule has 20 heavy (non-hydrogen) atoms. The Balaban J connectivity index is 2.21. The highest BCUT2D eigenvalue weighted by Gasteiger charge is 2.32. The lowest BCUT2D eigenvalue weighted by Crippen LogP contribution is -2.46. The van der Waals surface area contributed by atoms with Crippen molar-refractivity contribution in [2.75, 3.05) is 18.1 Å². The summed E-state index contributed by atoms with van der Waals surface area (Å²) in [6, 6.07) is 7.79. The van der Waals surface area contributed by atoms with Crippen molar-refractivity contribution in [3.8, 4) is 0 Å². The normalized spacial score (nSPS) is 22.4. The summed E-state index contributed by atoms with van der Waals surface area (Å²) in [5, 5.41) is 0.721. The van der Waals surface area contributed by atoms with Crippen LogP contribution in [0.5, 0.6) is 0 Å². The van der Waals surface area contributed by atoms with E-state index in [4.69, 9.17) is 17.3 Å². The van der Waals surface area contributed by atoms with Gasteiger partial charge in [0.05, 0.1) is 12.0 Å². The number of benzene rings is 1. The van der Waals surface area contributed by atoms with Crippen LogP contribution < -0.4 is 5.73 Å². The van der Waals surface area contributed by atoms with E-state index in [1.165, 1.54) is 0 Å². The minimum Gasteiger partial charge on any atom is -0.334 e. The van der Waals surface area contributed by atoms with E-state index in [-0.39, 0.29) is 23.9 Å². The van der Waals surface area contributed by atoms with E-state index in [0.29, 0.717) is 0 Å². The molecule has 1 aromatic carbocycles. The third kappa shape index (κ3) is 3.48. The Morgan fingerprint density at radius 2 is 2.05 bits per heavy atom. The average Bonchev–Trinajstić information content (AvgIpc) is 2.46. The second-order valence-electron chi connectivity index (χ2n) is 5.32. The molecule has 0 spiro atoms. The van der Waals surface area contributed by atoms with E-state index >= 15 is 0 Å². The van der Waals surface area contributed by atoms with Gasteiger partial charge in [-0.3, -0.25) is 4.79 Å². The fraction of sp³-hybridized carbons (Fsp3) is 0.533. The van der Waals surface area contributed by atoms with Crippen LogP contribution in [-0.4, -0.2) is 34.9 Å². The summed E-state index contributed by atoms with van der Waals surface area (Å²) < 4.78 is 0. The SMILES string of the molecule is CC(N)C(C)C(=O)N1CCSCC1c1ccc(Cl)cc1. The van der Waals surface area contributed by atoms with Gasteiger partial charge in [0, 0.05) is 29.1 Å². The van der Waals surface area contributed by atoms with Crippen molar-refractivity contribution < 1.29 is 4.79 Å². The van der Waals surface area contributed by atoms with Crippen LogP contribution in [-0.2, 0) is 4.79 Å². The Morgan fingerprint density at radius 1 is 1.40 bits per heavy atom. The van der Waals surface area contributed by atoms with Gasteiger partial charge in [0.15, 0.2) is 0 Å². The van der Waals surface area contributed by atoms with Crippen LogP contribution in [0, 0.1) is 5.92 Å². The third-order valence-electron chi connectivity index (χ3n) is 3.84. The fourth-order valence-corrected chi connectivity index (χ4v) is 3.53. The molecular weight excluding hydrogens is 292 g/mol. The highest BCUT2D eigenvalue weighted by atomic mass is 35.5. The molecule has 1 aromatic rings. The van der Waals surface area contributed by atoms with E-state index in [2.05, 4.69) is 0 Å². The van der Waals surface area contributed by atoms with Gasteiger partial charge >= 0.3 is 0 Å². The number of amides is 1. The van der Waals surface area contributed by atoms with Crippen molar-refractivity contribution in [3.05, 3.63) is 34.9 Å². The topological polar surface area (TPSA) is 46.3 Å². The maximum absolute atomic E-state index is 12.6. The minimum absolute atomic E-state index is 0.122. The summed E-state index contributed by atoms with van der Waals surface area (Å²) in [4.78, 5) is 14.6.